The smallest absolute Gasteiger partial charge is 0.0470 e. The van der Waals surface area contributed by atoms with Crippen LogP contribution in [-0.2, 0) is 0 Å². The Kier molecular flexibility index (Phi) is 6.61. The number of hydrogen-bond donors (Lipinski definition) is 0. The van der Waals surface area contributed by atoms with Gasteiger partial charge in [0.25, 0.3) is 0 Å². The fraction of sp³-hybridized carbons (Fsp3) is 0.0811. The highest BCUT2D eigenvalue weighted by atomic mass is 15.1. The molecule has 0 heterocycles. The molecule has 0 radical (unpaired) electrons. The van der Waals surface area contributed by atoms with Gasteiger partial charge in [-0.3, -0.25) is 0 Å². The maximum Gasteiger partial charge on any atom is 0.0470 e. The molecule has 0 aliphatic rings. The molecule has 0 aliphatic heterocycles. The number of hydrogen-bond acceptors (Lipinski definition) is 2. The first-order valence-corrected chi connectivity index (χ1v) is 13.4. The average molecular weight is 505 g/mol. The summed E-state index contributed by atoms with van der Waals surface area (Å²) in [5.74, 6) is 0. The lowest BCUT2D eigenvalue weighted by Crippen LogP contribution is -2.11. The van der Waals surface area contributed by atoms with E-state index in [1.54, 1.807) is 0 Å². The number of benzene rings is 6. The largest absolute Gasteiger partial charge is 0.310 e. The Hall–Kier alpha value is -4.82. The van der Waals surface area contributed by atoms with Crippen molar-refractivity contribution in [1.29, 1.82) is 0 Å². The molecule has 39 heavy (non-hydrogen) atoms. The third-order valence-corrected chi connectivity index (χ3v) is 7.26. The van der Waals surface area contributed by atoms with Crippen molar-refractivity contribution in [3.63, 3.8) is 0 Å². The van der Waals surface area contributed by atoms with E-state index in [2.05, 4.69) is 170 Å². The van der Waals surface area contributed by atoms with Gasteiger partial charge in [-0.1, -0.05) is 77.9 Å². The summed E-state index contributed by atoms with van der Waals surface area (Å²) in [6, 6.07) is 50.1. The van der Waals surface area contributed by atoms with Crippen molar-refractivity contribution in [2.45, 2.75) is 20.8 Å². The van der Waals surface area contributed by atoms with E-state index < -0.39 is 0 Å². The predicted octanol–water partition coefficient (Wildman–Crippen LogP) is 10.7. The zero-order valence-corrected chi connectivity index (χ0v) is 22.7. The number of fused-ring (bicyclic) bond motifs is 1. The van der Waals surface area contributed by atoms with Crippen molar-refractivity contribution in [3.05, 3.63) is 156 Å². The summed E-state index contributed by atoms with van der Waals surface area (Å²) in [6.07, 6.45) is 0. The minimum atomic E-state index is 1.14. The number of anilines is 6. The van der Waals surface area contributed by atoms with Crippen LogP contribution in [0.25, 0.3) is 10.8 Å². The molecule has 0 amide bonds. The Bertz CT molecular complexity index is 1700. The second-order valence-corrected chi connectivity index (χ2v) is 10.2. The normalized spacial score (nSPS) is 10.9. The van der Waals surface area contributed by atoms with Crippen molar-refractivity contribution >= 4 is 44.9 Å². The molecule has 2 heteroatoms. The Morgan fingerprint density at radius 1 is 0.359 bits per heavy atom. The quantitative estimate of drug-likeness (QED) is 0.222. The van der Waals surface area contributed by atoms with Gasteiger partial charge in [-0.15, -0.1) is 0 Å². The van der Waals surface area contributed by atoms with Crippen molar-refractivity contribution < 1.29 is 0 Å². The van der Waals surface area contributed by atoms with Crippen LogP contribution in [0.3, 0.4) is 0 Å². The van der Waals surface area contributed by atoms with Crippen LogP contribution in [0.4, 0.5) is 34.1 Å². The molecule has 0 aromatic heterocycles. The van der Waals surface area contributed by atoms with Crippen LogP contribution < -0.4 is 9.80 Å². The first-order valence-electron chi connectivity index (χ1n) is 13.4. The fourth-order valence-corrected chi connectivity index (χ4v) is 5.22. The van der Waals surface area contributed by atoms with Crippen LogP contribution in [-0.4, -0.2) is 0 Å². The molecule has 0 spiro atoms. The maximum absolute atomic E-state index is 2.34. The van der Waals surface area contributed by atoms with Gasteiger partial charge in [0.1, 0.15) is 0 Å². The molecule has 2 nitrogen and oxygen atoms in total. The molecule has 0 atom stereocenters. The Morgan fingerprint density at radius 2 is 0.795 bits per heavy atom. The zero-order valence-electron chi connectivity index (χ0n) is 22.7. The van der Waals surface area contributed by atoms with Gasteiger partial charge in [0.15, 0.2) is 0 Å². The van der Waals surface area contributed by atoms with E-state index in [4.69, 9.17) is 0 Å². The second kappa shape index (κ2) is 10.5. The molecule has 0 aliphatic carbocycles. The Morgan fingerprint density at radius 3 is 1.31 bits per heavy atom. The molecular formula is C37H32N2. The van der Waals surface area contributed by atoms with E-state index in [0.29, 0.717) is 0 Å². The second-order valence-electron chi connectivity index (χ2n) is 10.2. The number of aryl methyl sites for hydroxylation is 3. The van der Waals surface area contributed by atoms with Crippen LogP contribution in [0.15, 0.2) is 140 Å². The SMILES string of the molecule is Cc1ccc(N(c2ccccc2)c2cc(C)c3cc(N(c4ccccc4)c4ccc(C)cc4)ccc3c2)cc1. The van der Waals surface area contributed by atoms with Gasteiger partial charge in [-0.05, 0) is 110 Å². The number of nitrogens with zero attached hydrogens (tertiary/aromatic N) is 2. The van der Waals surface area contributed by atoms with E-state index >= 15 is 0 Å². The van der Waals surface area contributed by atoms with Crippen molar-refractivity contribution in [2.75, 3.05) is 9.80 Å². The minimum absolute atomic E-state index is 1.14. The minimum Gasteiger partial charge on any atom is -0.310 e. The van der Waals surface area contributed by atoms with Crippen LogP contribution in [0, 0.1) is 20.8 Å². The summed E-state index contributed by atoms with van der Waals surface area (Å²) in [6.45, 7) is 6.47. The molecule has 6 aromatic carbocycles. The molecule has 0 unspecified atom stereocenters. The molecule has 0 N–H and O–H groups in total. The summed E-state index contributed by atoms with van der Waals surface area (Å²) in [5.41, 5.74) is 10.6. The summed E-state index contributed by atoms with van der Waals surface area (Å²) < 4.78 is 0. The van der Waals surface area contributed by atoms with Crippen molar-refractivity contribution in [2.24, 2.45) is 0 Å². The third kappa shape index (κ3) is 5.02. The molecule has 0 fully saturated rings. The maximum atomic E-state index is 2.34. The monoisotopic (exact) mass is 504 g/mol. The van der Waals surface area contributed by atoms with E-state index in [0.717, 1.165) is 34.1 Å². The lowest BCUT2D eigenvalue weighted by molar-refractivity contribution is 1.27. The fourth-order valence-electron chi connectivity index (χ4n) is 5.22. The molecule has 0 saturated carbocycles. The van der Waals surface area contributed by atoms with E-state index in [-0.39, 0.29) is 0 Å². The molecule has 6 aromatic rings. The van der Waals surface area contributed by atoms with E-state index in [1.165, 1.54) is 27.5 Å². The van der Waals surface area contributed by atoms with Gasteiger partial charge >= 0.3 is 0 Å². The molecule has 6 rings (SSSR count). The molecule has 190 valence electrons. The van der Waals surface area contributed by atoms with Gasteiger partial charge in [-0.25, -0.2) is 0 Å². The first-order chi connectivity index (χ1) is 19.1. The Labute approximate surface area is 231 Å². The number of para-hydroxylation sites is 2. The van der Waals surface area contributed by atoms with Gasteiger partial charge in [0.05, 0.1) is 0 Å². The third-order valence-electron chi connectivity index (χ3n) is 7.26. The average Bonchev–Trinajstić information content (AvgIpc) is 2.97. The van der Waals surface area contributed by atoms with Crippen LogP contribution in [0.5, 0.6) is 0 Å². The predicted molar refractivity (Wildman–Crippen MR) is 168 cm³/mol. The lowest BCUT2D eigenvalue weighted by Gasteiger charge is -2.28. The first kappa shape index (κ1) is 24.5. The highest BCUT2D eigenvalue weighted by molar-refractivity contribution is 5.95. The van der Waals surface area contributed by atoms with Crippen molar-refractivity contribution in [1.82, 2.24) is 0 Å². The molecular weight excluding hydrogens is 472 g/mol. The molecule has 0 saturated heterocycles. The topological polar surface area (TPSA) is 6.48 Å². The highest BCUT2D eigenvalue weighted by Crippen LogP contribution is 2.40. The summed E-state index contributed by atoms with van der Waals surface area (Å²) in [5, 5.41) is 2.47. The van der Waals surface area contributed by atoms with Crippen LogP contribution >= 0.6 is 0 Å². The van der Waals surface area contributed by atoms with E-state index in [9.17, 15) is 0 Å². The zero-order chi connectivity index (χ0) is 26.8. The van der Waals surface area contributed by atoms with Crippen molar-refractivity contribution in [3.8, 4) is 0 Å². The Balaban J connectivity index is 1.48. The summed E-state index contributed by atoms with van der Waals surface area (Å²) in [4.78, 5) is 4.66. The highest BCUT2D eigenvalue weighted by Gasteiger charge is 2.16. The van der Waals surface area contributed by atoms with Gasteiger partial charge < -0.3 is 9.80 Å². The number of rotatable bonds is 6. The standard InChI is InChI=1S/C37H32N2/c1-27-14-19-33(20-15-27)38(31-10-6-4-7-11-31)35-23-18-30-25-36(24-29(3)37(30)26-35)39(32-12-8-5-9-13-32)34-21-16-28(2)17-22-34/h4-26H,1-3H3. The van der Waals surface area contributed by atoms with Gasteiger partial charge in [0, 0.05) is 34.1 Å². The summed E-state index contributed by atoms with van der Waals surface area (Å²) >= 11 is 0. The summed E-state index contributed by atoms with van der Waals surface area (Å²) in [7, 11) is 0. The lowest BCUT2D eigenvalue weighted by atomic mass is 10.0. The van der Waals surface area contributed by atoms with Gasteiger partial charge in [-0.2, -0.15) is 0 Å². The van der Waals surface area contributed by atoms with Gasteiger partial charge in [0.2, 0.25) is 0 Å². The van der Waals surface area contributed by atoms with E-state index in [1.807, 2.05) is 0 Å². The van der Waals surface area contributed by atoms with Crippen LogP contribution in [0.2, 0.25) is 0 Å². The van der Waals surface area contributed by atoms with Crippen LogP contribution in [0.1, 0.15) is 16.7 Å². The molecule has 0 bridgehead atoms.